The molecule has 0 aliphatic rings. The number of aromatic nitrogens is 1. The van der Waals surface area contributed by atoms with Crippen LogP contribution in [0.2, 0.25) is 0 Å². The smallest absolute Gasteiger partial charge is 0.255 e. The second-order valence-corrected chi connectivity index (χ2v) is 8.25. The van der Waals surface area contributed by atoms with Crippen LogP contribution in [-0.4, -0.2) is 16.6 Å². The van der Waals surface area contributed by atoms with Crippen LogP contribution in [0.5, 0.6) is 0 Å². The van der Waals surface area contributed by atoms with Gasteiger partial charge in [0.1, 0.15) is 0 Å². The van der Waals surface area contributed by atoms with Gasteiger partial charge in [0.25, 0.3) is 5.91 Å². The molecule has 0 fully saturated rings. The molecule has 0 atom stereocenters. The minimum absolute atomic E-state index is 0.126. The fourth-order valence-corrected chi connectivity index (χ4v) is 3.79. The topological polar surface area (TPSA) is 66.4 Å². The van der Waals surface area contributed by atoms with Crippen molar-refractivity contribution in [2.24, 2.45) is 5.10 Å². The number of hydrogen-bond donors (Lipinski definition) is 2. The van der Waals surface area contributed by atoms with Crippen LogP contribution in [0.4, 0.5) is 10.8 Å². The van der Waals surface area contributed by atoms with Gasteiger partial charge in [-0.2, -0.15) is 5.10 Å². The number of rotatable bonds is 5. The molecular formula is C20H21BrN4OS. The van der Waals surface area contributed by atoms with Gasteiger partial charge in [-0.1, -0.05) is 34.2 Å². The number of hydrogen-bond acceptors (Lipinski definition) is 5. The number of amides is 1. The molecule has 0 bridgehead atoms. The highest BCUT2D eigenvalue weighted by Gasteiger charge is 2.15. The van der Waals surface area contributed by atoms with Crippen LogP contribution in [0.15, 0.2) is 39.9 Å². The van der Waals surface area contributed by atoms with E-state index in [1.54, 1.807) is 12.1 Å². The van der Waals surface area contributed by atoms with Crippen molar-refractivity contribution in [3.63, 3.8) is 0 Å². The van der Waals surface area contributed by atoms with Gasteiger partial charge < -0.3 is 5.32 Å². The Morgan fingerprint density at radius 3 is 2.63 bits per heavy atom. The highest BCUT2D eigenvalue weighted by atomic mass is 79.9. The van der Waals surface area contributed by atoms with Crippen LogP contribution in [0, 0.1) is 13.8 Å². The van der Waals surface area contributed by atoms with Crippen LogP contribution in [0.25, 0.3) is 10.2 Å². The Balaban J connectivity index is 1.91. The molecule has 0 saturated carbocycles. The maximum Gasteiger partial charge on any atom is 0.255 e. The number of halogens is 1. The maximum absolute atomic E-state index is 12.6. The van der Waals surface area contributed by atoms with Crippen molar-refractivity contribution < 1.29 is 4.79 Å². The van der Waals surface area contributed by atoms with Gasteiger partial charge >= 0.3 is 0 Å². The second-order valence-electron chi connectivity index (χ2n) is 6.33. The number of hydrazone groups is 1. The van der Waals surface area contributed by atoms with Crippen molar-refractivity contribution in [3.05, 3.63) is 51.5 Å². The van der Waals surface area contributed by atoms with Gasteiger partial charge in [-0.05, 0) is 68.7 Å². The third-order valence-corrected chi connectivity index (χ3v) is 5.94. The normalized spacial score (nSPS) is 11.7. The standard InChI is InChI=1S/C20H21BrN4OS/c1-5-12(3)24-25-20-22-16-10-11(2)17(13(4)18(16)27-20)23-19(26)14-6-8-15(21)9-7-14/h6-10H,5H2,1-4H3,(H,22,25)(H,23,26)/b24-12-. The number of nitrogens with zero attached hydrogens (tertiary/aromatic N) is 2. The summed E-state index contributed by atoms with van der Waals surface area (Å²) >= 11 is 4.93. The second kappa shape index (κ2) is 8.19. The lowest BCUT2D eigenvalue weighted by atomic mass is 10.1. The van der Waals surface area contributed by atoms with Crippen LogP contribution >= 0.6 is 27.3 Å². The van der Waals surface area contributed by atoms with E-state index in [-0.39, 0.29) is 5.91 Å². The molecule has 27 heavy (non-hydrogen) atoms. The Morgan fingerprint density at radius 1 is 1.26 bits per heavy atom. The number of nitrogens with one attached hydrogen (secondary N) is 2. The van der Waals surface area contributed by atoms with E-state index >= 15 is 0 Å². The molecule has 5 nitrogen and oxygen atoms in total. The quantitative estimate of drug-likeness (QED) is 0.367. The average Bonchev–Trinajstić information content (AvgIpc) is 3.06. The zero-order valence-electron chi connectivity index (χ0n) is 15.7. The van der Waals surface area contributed by atoms with Crippen molar-refractivity contribution in [2.45, 2.75) is 34.1 Å². The molecule has 2 aromatic carbocycles. The first-order valence-electron chi connectivity index (χ1n) is 8.66. The van der Waals surface area contributed by atoms with Crippen molar-refractivity contribution >= 4 is 59.9 Å². The first-order chi connectivity index (χ1) is 12.9. The fraction of sp³-hybridized carbons (Fsp3) is 0.250. The van der Waals surface area contributed by atoms with E-state index in [9.17, 15) is 4.79 Å². The van der Waals surface area contributed by atoms with E-state index in [0.717, 1.165) is 48.8 Å². The van der Waals surface area contributed by atoms with Crippen molar-refractivity contribution in [1.82, 2.24) is 4.98 Å². The lowest BCUT2D eigenvalue weighted by Gasteiger charge is -2.12. The van der Waals surface area contributed by atoms with Gasteiger partial charge in [-0.3, -0.25) is 10.2 Å². The van der Waals surface area contributed by atoms with Gasteiger partial charge in [0.2, 0.25) is 5.13 Å². The van der Waals surface area contributed by atoms with Crippen LogP contribution < -0.4 is 10.7 Å². The molecule has 7 heteroatoms. The maximum atomic E-state index is 12.6. The van der Waals surface area contributed by atoms with Gasteiger partial charge in [-0.25, -0.2) is 4.98 Å². The first-order valence-corrected chi connectivity index (χ1v) is 10.3. The molecular weight excluding hydrogens is 424 g/mol. The summed E-state index contributed by atoms with van der Waals surface area (Å²) in [7, 11) is 0. The summed E-state index contributed by atoms with van der Waals surface area (Å²) in [4.78, 5) is 17.2. The number of carbonyl (C=O) groups is 1. The lowest BCUT2D eigenvalue weighted by Crippen LogP contribution is -2.13. The Hall–Kier alpha value is -2.25. The molecule has 3 aromatic rings. The van der Waals surface area contributed by atoms with Gasteiger partial charge in [0.15, 0.2) is 0 Å². The number of anilines is 2. The van der Waals surface area contributed by atoms with E-state index in [2.05, 4.69) is 43.7 Å². The Kier molecular flexibility index (Phi) is 5.92. The number of fused-ring (bicyclic) bond motifs is 1. The molecule has 1 heterocycles. The minimum atomic E-state index is -0.126. The van der Waals surface area contributed by atoms with E-state index in [1.807, 2.05) is 39.0 Å². The molecule has 0 aliphatic heterocycles. The van der Waals surface area contributed by atoms with Crippen molar-refractivity contribution in [3.8, 4) is 0 Å². The van der Waals surface area contributed by atoms with E-state index in [4.69, 9.17) is 0 Å². The third-order valence-electron chi connectivity index (χ3n) is 4.32. The monoisotopic (exact) mass is 444 g/mol. The summed E-state index contributed by atoms with van der Waals surface area (Å²) in [6, 6.07) is 9.31. The molecule has 1 aromatic heterocycles. The van der Waals surface area contributed by atoms with Crippen LogP contribution in [-0.2, 0) is 0 Å². The summed E-state index contributed by atoms with van der Waals surface area (Å²) in [5.41, 5.74) is 8.39. The molecule has 0 radical (unpaired) electrons. The lowest BCUT2D eigenvalue weighted by molar-refractivity contribution is 0.102. The van der Waals surface area contributed by atoms with Crippen molar-refractivity contribution in [1.29, 1.82) is 0 Å². The van der Waals surface area contributed by atoms with Gasteiger partial charge in [0.05, 0.1) is 10.2 Å². The Bertz CT molecular complexity index is 1020. The van der Waals surface area contributed by atoms with Crippen molar-refractivity contribution in [2.75, 3.05) is 10.7 Å². The van der Waals surface area contributed by atoms with E-state index in [0.29, 0.717) is 5.56 Å². The average molecular weight is 445 g/mol. The zero-order chi connectivity index (χ0) is 19.6. The molecule has 140 valence electrons. The summed E-state index contributed by atoms with van der Waals surface area (Å²) in [5.74, 6) is -0.126. The summed E-state index contributed by atoms with van der Waals surface area (Å²) in [6.45, 7) is 8.03. The van der Waals surface area contributed by atoms with Gasteiger partial charge in [0, 0.05) is 21.4 Å². The third kappa shape index (κ3) is 4.36. The molecule has 3 rings (SSSR count). The number of thiazole rings is 1. The van der Waals surface area contributed by atoms with E-state index in [1.165, 1.54) is 11.3 Å². The fourth-order valence-electron chi connectivity index (χ4n) is 2.63. The molecule has 0 aliphatic carbocycles. The molecule has 0 saturated heterocycles. The van der Waals surface area contributed by atoms with E-state index < -0.39 is 0 Å². The molecule has 1 amide bonds. The SMILES string of the molecule is CC/C(C)=N\Nc1nc2cc(C)c(NC(=O)c3ccc(Br)cc3)c(C)c2s1. The molecule has 0 unspecified atom stereocenters. The number of aryl methyl sites for hydroxylation is 2. The highest BCUT2D eigenvalue weighted by molar-refractivity contribution is 9.10. The largest absolute Gasteiger partial charge is 0.321 e. The van der Waals surface area contributed by atoms with Gasteiger partial charge in [-0.15, -0.1) is 0 Å². The molecule has 2 N–H and O–H groups in total. The van der Waals surface area contributed by atoms with Crippen LogP contribution in [0.1, 0.15) is 41.8 Å². The van der Waals surface area contributed by atoms with Crippen LogP contribution in [0.3, 0.4) is 0 Å². The Morgan fingerprint density at radius 2 is 1.96 bits per heavy atom. The first kappa shape index (κ1) is 19.5. The predicted molar refractivity (Wildman–Crippen MR) is 118 cm³/mol. The predicted octanol–water partition coefficient (Wildman–Crippen LogP) is 6.13. The summed E-state index contributed by atoms with van der Waals surface area (Å²) in [5, 5.41) is 8.12. The number of benzene rings is 2. The Labute approximate surface area is 171 Å². The summed E-state index contributed by atoms with van der Waals surface area (Å²) < 4.78 is 1.98. The molecule has 0 spiro atoms. The highest BCUT2D eigenvalue weighted by Crippen LogP contribution is 2.35. The minimum Gasteiger partial charge on any atom is -0.321 e. The number of carbonyl (C=O) groups excluding carboxylic acids is 1. The summed E-state index contributed by atoms with van der Waals surface area (Å²) in [6.07, 6.45) is 0.891. The zero-order valence-corrected chi connectivity index (χ0v) is 18.1.